The first kappa shape index (κ1) is 26.1. The lowest BCUT2D eigenvalue weighted by atomic mass is 10.1. The van der Waals surface area contributed by atoms with Crippen LogP contribution < -0.4 is 0 Å². The van der Waals surface area contributed by atoms with Crippen LogP contribution in [0.4, 0.5) is 0 Å². The van der Waals surface area contributed by atoms with Crippen molar-refractivity contribution in [2.75, 3.05) is 13.2 Å². The van der Waals surface area contributed by atoms with Crippen molar-refractivity contribution in [3.8, 4) is 0 Å². The van der Waals surface area contributed by atoms with E-state index in [0.29, 0.717) is 0 Å². The third kappa shape index (κ3) is 15.2. The van der Waals surface area contributed by atoms with Crippen molar-refractivity contribution in [3.05, 3.63) is 0 Å². The summed E-state index contributed by atoms with van der Waals surface area (Å²) in [6.45, 7) is 10.5. The van der Waals surface area contributed by atoms with Gasteiger partial charge in [0.2, 0.25) is 0 Å². The summed E-state index contributed by atoms with van der Waals surface area (Å²) in [4.78, 5) is 0. The molecule has 0 saturated heterocycles. The molecule has 0 spiro atoms. The fourth-order valence-electron chi connectivity index (χ4n) is 3.86. The Kier molecular flexibility index (Phi) is 20.0. The zero-order valence-corrected chi connectivity index (χ0v) is 19.8. The zero-order chi connectivity index (χ0) is 19.3. The molecular formula is C23H50O2Si. The van der Waals surface area contributed by atoms with E-state index in [-0.39, 0.29) is 0 Å². The molecule has 0 aliphatic heterocycles. The molecule has 0 atom stereocenters. The molecule has 26 heavy (non-hydrogen) atoms. The van der Waals surface area contributed by atoms with Gasteiger partial charge in [0.25, 0.3) is 0 Å². The normalized spacial score (nSPS) is 12.0. The SMILES string of the molecule is CCCCCCCCCC[Si](CCCCCCCCC)(OCC)OCC. The fourth-order valence-corrected chi connectivity index (χ4v) is 7.40. The van der Waals surface area contributed by atoms with Crippen LogP contribution in [-0.4, -0.2) is 21.8 Å². The molecule has 3 heteroatoms. The molecule has 0 amide bonds. The van der Waals surface area contributed by atoms with E-state index < -0.39 is 8.56 Å². The van der Waals surface area contributed by atoms with Crippen molar-refractivity contribution in [3.63, 3.8) is 0 Å². The molecule has 0 heterocycles. The molecule has 0 aliphatic rings. The van der Waals surface area contributed by atoms with Crippen molar-refractivity contribution in [2.45, 2.75) is 136 Å². The van der Waals surface area contributed by atoms with Gasteiger partial charge in [-0.05, 0) is 25.9 Å². The van der Waals surface area contributed by atoms with Crippen LogP contribution >= 0.6 is 0 Å². The Bertz CT molecular complexity index is 265. The minimum absolute atomic E-state index is 0.819. The van der Waals surface area contributed by atoms with Crippen LogP contribution in [-0.2, 0) is 8.85 Å². The summed E-state index contributed by atoms with van der Waals surface area (Å²) in [5.74, 6) is 0. The minimum atomic E-state index is -1.95. The average molecular weight is 387 g/mol. The van der Waals surface area contributed by atoms with Crippen LogP contribution in [0.15, 0.2) is 0 Å². The zero-order valence-electron chi connectivity index (χ0n) is 18.8. The van der Waals surface area contributed by atoms with E-state index in [9.17, 15) is 0 Å². The lowest BCUT2D eigenvalue weighted by Gasteiger charge is -2.30. The summed E-state index contributed by atoms with van der Waals surface area (Å²) in [5, 5.41) is 0. The number of unbranched alkanes of at least 4 members (excludes halogenated alkanes) is 13. The molecule has 0 bridgehead atoms. The maximum Gasteiger partial charge on any atom is 0.338 e. The second kappa shape index (κ2) is 19.9. The summed E-state index contributed by atoms with van der Waals surface area (Å²) >= 11 is 0. The maximum atomic E-state index is 6.29. The van der Waals surface area contributed by atoms with Crippen LogP contribution in [0.3, 0.4) is 0 Å². The highest BCUT2D eigenvalue weighted by Crippen LogP contribution is 2.26. The summed E-state index contributed by atoms with van der Waals surface area (Å²) in [6, 6.07) is 2.42. The number of rotatable bonds is 21. The molecule has 0 N–H and O–H groups in total. The highest BCUT2D eigenvalue weighted by molar-refractivity contribution is 6.67. The first-order chi connectivity index (χ1) is 12.7. The highest BCUT2D eigenvalue weighted by atomic mass is 28.4. The second-order valence-electron chi connectivity index (χ2n) is 7.87. The second-order valence-corrected chi connectivity index (χ2v) is 11.3. The van der Waals surface area contributed by atoms with Crippen LogP contribution in [0.2, 0.25) is 12.1 Å². The quantitative estimate of drug-likeness (QED) is 0.146. The van der Waals surface area contributed by atoms with Crippen molar-refractivity contribution in [1.82, 2.24) is 0 Å². The average Bonchev–Trinajstić information content (AvgIpc) is 2.63. The van der Waals surface area contributed by atoms with E-state index >= 15 is 0 Å². The Hall–Kier alpha value is 0.137. The van der Waals surface area contributed by atoms with Crippen molar-refractivity contribution in [2.24, 2.45) is 0 Å². The highest BCUT2D eigenvalue weighted by Gasteiger charge is 2.35. The Morgan fingerprint density at radius 3 is 1.04 bits per heavy atom. The van der Waals surface area contributed by atoms with Gasteiger partial charge in [-0.1, -0.05) is 110 Å². The standard InChI is InChI=1S/C23H50O2Si/c1-5-9-11-13-15-17-19-21-23-26(24-7-3,25-8-4)22-20-18-16-14-12-10-6-2/h5-23H2,1-4H3. The van der Waals surface area contributed by atoms with Gasteiger partial charge in [0, 0.05) is 13.2 Å². The molecule has 0 aromatic carbocycles. The molecule has 0 aromatic rings. The van der Waals surface area contributed by atoms with Gasteiger partial charge in [0.05, 0.1) is 0 Å². The summed E-state index contributed by atoms with van der Waals surface area (Å²) < 4.78 is 12.6. The molecule has 158 valence electrons. The van der Waals surface area contributed by atoms with Gasteiger partial charge in [-0.2, -0.15) is 0 Å². The third-order valence-electron chi connectivity index (χ3n) is 5.39. The Morgan fingerprint density at radius 2 is 0.731 bits per heavy atom. The lowest BCUT2D eigenvalue weighted by Crippen LogP contribution is -2.42. The molecule has 0 fully saturated rings. The molecule has 2 nitrogen and oxygen atoms in total. The van der Waals surface area contributed by atoms with Crippen LogP contribution in [0.1, 0.15) is 124 Å². The van der Waals surface area contributed by atoms with Crippen molar-refractivity contribution in [1.29, 1.82) is 0 Å². The van der Waals surface area contributed by atoms with Crippen molar-refractivity contribution < 1.29 is 8.85 Å². The smallest absolute Gasteiger partial charge is 0.338 e. The fraction of sp³-hybridized carbons (Fsp3) is 1.00. The Balaban J connectivity index is 4.03. The van der Waals surface area contributed by atoms with Crippen LogP contribution in [0.25, 0.3) is 0 Å². The van der Waals surface area contributed by atoms with Gasteiger partial charge >= 0.3 is 8.56 Å². The van der Waals surface area contributed by atoms with E-state index in [1.54, 1.807) is 0 Å². The predicted octanol–water partition coefficient (Wildman–Crippen LogP) is 8.39. The van der Waals surface area contributed by atoms with E-state index in [1.807, 2.05) is 0 Å². The van der Waals surface area contributed by atoms with Gasteiger partial charge in [-0.15, -0.1) is 0 Å². The largest absolute Gasteiger partial charge is 0.394 e. The molecule has 0 saturated carbocycles. The molecule has 0 radical (unpaired) electrons. The predicted molar refractivity (Wildman–Crippen MR) is 119 cm³/mol. The Labute approximate surface area is 167 Å². The summed E-state index contributed by atoms with van der Waals surface area (Å²) in [5.41, 5.74) is 0. The summed E-state index contributed by atoms with van der Waals surface area (Å²) in [6.07, 6.45) is 20.7. The molecule has 0 aliphatic carbocycles. The molecular weight excluding hydrogens is 336 g/mol. The van der Waals surface area contributed by atoms with E-state index in [2.05, 4.69) is 27.7 Å². The van der Waals surface area contributed by atoms with Gasteiger partial charge < -0.3 is 8.85 Å². The maximum absolute atomic E-state index is 6.29. The lowest BCUT2D eigenvalue weighted by molar-refractivity contribution is 0.180. The van der Waals surface area contributed by atoms with E-state index in [4.69, 9.17) is 8.85 Å². The van der Waals surface area contributed by atoms with Crippen LogP contribution in [0.5, 0.6) is 0 Å². The van der Waals surface area contributed by atoms with Gasteiger partial charge in [0.1, 0.15) is 0 Å². The molecule has 0 aromatic heterocycles. The van der Waals surface area contributed by atoms with Crippen molar-refractivity contribution >= 4 is 8.56 Å². The summed E-state index contributed by atoms with van der Waals surface area (Å²) in [7, 11) is -1.95. The van der Waals surface area contributed by atoms with Gasteiger partial charge in [0.15, 0.2) is 0 Å². The van der Waals surface area contributed by atoms with Crippen LogP contribution in [0, 0.1) is 0 Å². The van der Waals surface area contributed by atoms with E-state index in [0.717, 1.165) is 13.2 Å². The third-order valence-corrected chi connectivity index (χ3v) is 9.25. The van der Waals surface area contributed by atoms with Gasteiger partial charge in [-0.25, -0.2) is 0 Å². The minimum Gasteiger partial charge on any atom is -0.394 e. The first-order valence-electron chi connectivity index (χ1n) is 12.0. The Morgan fingerprint density at radius 1 is 0.423 bits per heavy atom. The molecule has 0 unspecified atom stereocenters. The first-order valence-corrected chi connectivity index (χ1v) is 14.3. The molecule has 0 rings (SSSR count). The van der Waals surface area contributed by atoms with Gasteiger partial charge in [-0.3, -0.25) is 0 Å². The number of hydrogen-bond acceptors (Lipinski definition) is 2. The monoisotopic (exact) mass is 386 g/mol. The van der Waals surface area contributed by atoms with E-state index in [1.165, 1.54) is 108 Å². The topological polar surface area (TPSA) is 18.5 Å². The number of hydrogen-bond donors (Lipinski definition) is 0.